The molecule has 0 radical (unpaired) electrons. The highest BCUT2D eigenvalue weighted by Gasteiger charge is 2.19. The van der Waals surface area contributed by atoms with Crippen LogP contribution < -0.4 is 10.2 Å². The van der Waals surface area contributed by atoms with Crippen molar-refractivity contribution >= 4 is 23.4 Å². The molecule has 0 aliphatic carbocycles. The molecule has 1 saturated heterocycles. The van der Waals surface area contributed by atoms with E-state index in [-0.39, 0.29) is 11.3 Å². The molecule has 1 fully saturated rings. The second-order valence-corrected chi connectivity index (χ2v) is 5.54. The van der Waals surface area contributed by atoms with Crippen LogP contribution in [-0.2, 0) is 4.79 Å². The van der Waals surface area contributed by atoms with Gasteiger partial charge in [0.2, 0.25) is 0 Å². The monoisotopic (exact) mass is 329 g/mol. The molecule has 1 heterocycles. The second-order valence-electron chi connectivity index (χ2n) is 5.54. The molecule has 0 saturated carbocycles. The van der Waals surface area contributed by atoms with Gasteiger partial charge in [0.05, 0.1) is 4.92 Å². The predicted molar refractivity (Wildman–Crippen MR) is 90.5 cm³/mol. The van der Waals surface area contributed by atoms with Crippen molar-refractivity contribution in [2.75, 3.05) is 45.2 Å². The van der Waals surface area contributed by atoms with Gasteiger partial charge in [-0.2, -0.15) is 5.26 Å². The third-order valence-electron chi connectivity index (χ3n) is 3.96. The van der Waals surface area contributed by atoms with Crippen LogP contribution in [0.1, 0.15) is 5.56 Å². The predicted octanol–water partition coefficient (Wildman–Crippen LogP) is 1.000. The number of non-ortho nitro benzene ring substituents is 1. The molecule has 8 heteroatoms. The summed E-state index contributed by atoms with van der Waals surface area (Å²) in [6, 6.07) is 6.35. The Hall–Kier alpha value is -2.92. The highest BCUT2D eigenvalue weighted by molar-refractivity contribution is 6.02. The Labute approximate surface area is 140 Å². The van der Waals surface area contributed by atoms with Crippen LogP contribution >= 0.6 is 0 Å². The van der Waals surface area contributed by atoms with Gasteiger partial charge < -0.3 is 15.1 Å². The zero-order valence-electron chi connectivity index (χ0n) is 13.7. The summed E-state index contributed by atoms with van der Waals surface area (Å²) in [6.45, 7) is 3.30. The van der Waals surface area contributed by atoms with Crippen LogP contribution in [0.3, 0.4) is 0 Å². The van der Waals surface area contributed by atoms with Crippen LogP contribution in [-0.4, -0.2) is 56.0 Å². The van der Waals surface area contributed by atoms with E-state index in [9.17, 15) is 20.2 Å². The Morgan fingerprint density at radius 3 is 2.58 bits per heavy atom. The summed E-state index contributed by atoms with van der Waals surface area (Å²) in [4.78, 5) is 26.6. The van der Waals surface area contributed by atoms with Crippen molar-refractivity contribution in [3.63, 3.8) is 0 Å². The number of anilines is 1. The van der Waals surface area contributed by atoms with Gasteiger partial charge in [-0.1, -0.05) is 0 Å². The van der Waals surface area contributed by atoms with Crippen molar-refractivity contribution in [2.45, 2.75) is 0 Å². The van der Waals surface area contributed by atoms with Gasteiger partial charge in [0.1, 0.15) is 11.6 Å². The number of nitro benzene ring substituents is 1. The molecule has 1 aliphatic rings. The first-order valence-electron chi connectivity index (χ1n) is 7.52. The minimum Gasteiger partial charge on any atom is -0.368 e. The average molecular weight is 329 g/mol. The van der Waals surface area contributed by atoms with Gasteiger partial charge in [0.25, 0.3) is 11.6 Å². The molecule has 24 heavy (non-hydrogen) atoms. The molecular formula is C16H19N5O3. The van der Waals surface area contributed by atoms with Crippen molar-refractivity contribution < 1.29 is 9.72 Å². The smallest absolute Gasteiger partial charge is 0.270 e. The normalized spacial score (nSPS) is 15.7. The van der Waals surface area contributed by atoms with Crippen LogP contribution in [0, 0.1) is 21.4 Å². The Morgan fingerprint density at radius 1 is 1.38 bits per heavy atom. The van der Waals surface area contributed by atoms with Crippen LogP contribution in [0.25, 0.3) is 6.08 Å². The maximum absolute atomic E-state index is 11.7. The van der Waals surface area contributed by atoms with E-state index in [1.54, 1.807) is 6.07 Å². The van der Waals surface area contributed by atoms with Crippen molar-refractivity contribution in [3.8, 4) is 6.07 Å². The summed E-state index contributed by atoms with van der Waals surface area (Å²) in [5.74, 6) is -0.520. The fraction of sp³-hybridized carbons (Fsp3) is 0.375. The number of hydrogen-bond acceptors (Lipinski definition) is 6. The standard InChI is InChI=1S/C16H19N5O3/c1-18-16(22)13(11-17)9-12-10-14(21(23)24)3-4-15(12)20-7-5-19(2)6-8-20/h3-4,9-10H,5-8H2,1-2H3,(H,18,22)/b13-9+. The molecule has 1 aromatic carbocycles. The number of nitrogens with zero attached hydrogens (tertiary/aromatic N) is 4. The largest absolute Gasteiger partial charge is 0.368 e. The van der Waals surface area contributed by atoms with Gasteiger partial charge in [-0.3, -0.25) is 14.9 Å². The molecule has 0 atom stereocenters. The third kappa shape index (κ3) is 3.88. The molecule has 1 aromatic rings. The highest BCUT2D eigenvalue weighted by atomic mass is 16.6. The Balaban J connectivity index is 2.47. The summed E-state index contributed by atoms with van der Waals surface area (Å²) in [7, 11) is 3.47. The number of nitrogens with one attached hydrogen (secondary N) is 1. The van der Waals surface area contributed by atoms with E-state index in [0.29, 0.717) is 5.56 Å². The molecule has 2 rings (SSSR count). The van der Waals surface area contributed by atoms with Gasteiger partial charge in [0.15, 0.2) is 0 Å². The number of benzene rings is 1. The Bertz CT molecular complexity index is 715. The summed E-state index contributed by atoms with van der Waals surface area (Å²) >= 11 is 0. The summed E-state index contributed by atoms with van der Waals surface area (Å²) < 4.78 is 0. The van der Waals surface area contributed by atoms with E-state index in [0.717, 1.165) is 31.9 Å². The first-order valence-corrected chi connectivity index (χ1v) is 7.52. The summed E-state index contributed by atoms with van der Waals surface area (Å²) in [5, 5.41) is 22.6. The summed E-state index contributed by atoms with van der Waals surface area (Å²) in [5.41, 5.74) is 1.11. The van der Waals surface area contributed by atoms with E-state index in [1.165, 1.54) is 25.3 Å². The molecule has 0 bridgehead atoms. The average Bonchev–Trinajstić information content (AvgIpc) is 2.59. The molecule has 0 unspecified atom stereocenters. The number of nitro groups is 1. The first-order chi connectivity index (χ1) is 11.5. The van der Waals surface area contributed by atoms with Crippen LogP contribution in [0.2, 0.25) is 0 Å². The maximum Gasteiger partial charge on any atom is 0.270 e. The zero-order valence-corrected chi connectivity index (χ0v) is 13.7. The van der Waals surface area contributed by atoms with Crippen molar-refractivity contribution in [2.24, 2.45) is 0 Å². The number of carbonyl (C=O) groups is 1. The van der Waals surface area contributed by atoms with Gasteiger partial charge in [-0.05, 0) is 19.2 Å². The number of hydrogen-bond donors (Lipinski definition) is 1. The minimum atomic E-state index is -0.520. The molecule has 0 aromatic heterocycles. The molecule has 1 N–H and O–H groups in total. The van der Waals surface area contributed by atoms with E-state index < -0.39 is 10.8 Å². The van der Waals surface area contributed by atoms with E-state index >= 15 is 0 Å². The lowest BCUT2D eigenvalue weighted by Gasteiger charge is -2.34. The van der Waals surface area contributed by atoms with Crippen molar-refractivity contribution in [1.29, 1.82) is 5.26 Å². The number of likely N-dealkylation sites (N-methyl/N-ethyl adjacent to an activating group) is 2. The maximum atomic E-state index is 11.7. The van der Waals surface area contributed by atoms with Gasteiger partial charge >= 0.3 is 0 Å². The van der Waals surface area contributed by atoms with Crippen LogP contribution in [0.15, 0.2) is 23.8 Å². The quantitative estimate of drug-likeness (QED) is 0.383. The lowest BCUT2D eigenvalue weighted by molar-refractivity contribution is -0.384. The van der Waals surface area contributed by atoms with Crippen LogP contribution in [0.4, 0.5) is 11.4 Å². The fourth-order valence-corrected chi connectivity index (χ4v) is 2.55. The van der Waals surface area contributed by atoms with Crippen molar-refractivity contribution in [3.05, 3.63) is 39.4 Å². The van der Waals surface area contributed by atoms with Gasteiger partial charge in [-0.25, -0.2) is 0 Å². The number of carbonyl (C=O) groups excluding carboxylic acids is 1. The molecule has 1 amide bonds. The fourth-order valence-electron chi connectivity index (χ4n) is 2.55. The van der Waals surface area contributed by atoms with Crippen molar-refractivity contribution in [1.82, 2.24) is 10.2 Å². The van der Waals surface area contributed by atoms with Crippen LogP contribution in [0.5, 0.6) is 0 Å². The molecule has 8 nitrogen and oxygen atoms in total. The van der Waals surface area contributed by atoms with E-state index in [4.69, 9.17) is 0 Å². The highest BCUT2D eigenvalue weighted by Crippen LogP contribution is 2.28. The Kier molecular flexibility index (Phi) is 5.50. The minimum absolute atomic E-state index is 0.0756. The number of piperazine rings is 1. The molecular weight excluding hydrogens is 310 g/mol. The number of amides is 1. The summed E-state index contributed by atoms with van der Waals surface area (Å²) in [6.07, 6.45) is 1.40. The topological polar surface area (TPSA) is 103 Å². The zero-order chi connectivity index (χ0) is 17.7. The number of rotatable bonds is 4. The Morgan fingerprint density at radius 2 is 2.04 bits per heavy atom. The molecule has 0 spiro atoms. The molecule has 1 aliphatic heterocycles. The molecule has 126 valence electrons. The van der Waals surface area contributed by atoms with Gasteiger partial charge in [0, 0.05) is 56.6 Å². The lowest BCUT2D eigenvalue weighted by Crippen LogP contribution is -2.44. The van der Waals surface area contributed by atoms with Gasteiger partial charge in [-0.15, -0.1) is 0 Å². The lowest BCUT2D eigenvalue weighted by atomic mass is 10.1. The first kappa shape index (κ1) is 17.4. The SMILES string of the molecule is CNC(=O)/C(C#N)=C/c1cc([N+](=O)[O-])ccc1N1CCN(C)CC1. The number of nitriles is 1. The van der Waals surface area contributed by atoms with E-state index in [2.05, 4.69) is 15.1 Å². The van der Waals surface area contributed by atoms with E-state index in [1.807, 2.05) is 13.1 Å². The second kappa shape index (κ2) is 7.57. The third-order valence-corrected chi connectivity index (χ3v) is 3.96.